The Labute approximate surface area is 191 Å². The Hall–Kier alpha value is -3.57. The van der Waals surface area contributed by atoms with Gasteiger partial charge in [0.25, 0.3) is 0 Å². The van der Waals surface area contributed by atoms with Gasteiger partial charge in [0, 0.05) is 16.6 Å². The fourth-order valence-electron chi connectivity index (χ4n) is 3.75. The van der Waals surface area contributed by atoms with Gasteiger partial charge in [-0.1, -0.05) is 54.1 Å². The minimum Gasteiger partial charge on any atom is -0.485 e. The molecular formula is C26H22ClNO4. The van der Waals surface area contributed by atoms with Crippen LogP contribution in [-0.4, -0.2) is 29.5 Å². The van der Waals surface area contributed by atoms with Gasteiger partial charge in [-0.05, 0) is 44.2 Å². The molecule has 0 saturated heterocycles. The first-order chi connectivity index (χ1) is 15.5. The number of hydrogen-bond donors (Lipinski definition) is 0. The van der Waals surface area contributed by atoms with E-state index in [1.165, 1.54) is 0 Å². The highest BCUT2D eigenvalue weighted by atomic mass is 35.5. The second kappa shape index (κ2) is 9.28. The fraction of sp³-hybridized carbons (Fsp3) is 0.154. The number of ether oxygens (including phenoxy) is 2. The standard InChI is InChI=1S/C26H22ClNO4/c1-3-31-26(30)25-17(2)28(23-12-8-7-11-21(23)27)22-14-13-19(15-20(22)25)32-16-24(29)18-9-5-4-6-10-18/h4-15H,3,16H2,1-2H3. The van der Waals surface area contributed by atoms with E-state index in [1.807, 2.05) is 54.0 Å². The number of ketones is 1. The maximum atomic E-state index is 12.8. The van der Waals surface area contributed by atoms with Crippen molar-refractivity contribution in [2.24, 2.45) is 0 Å². The molecule has 4 rings (SSSR count). The number of rotatable bonds is 7. The van der Waals surface area contributed by atoms with E-state index in [2.05, 4.69) is 0 Å². The summed E-state index contributed by atoms with van der Waals surface area (Å²) in [6, 6.07) is 21.8. The molecule has 0 spiro atoms. The third-order valence-electron chi connectivity index (χ3n) is 5.21. The third kappa shape index (κ3) is 4.12. The molecule has 0 amide bonds. The number of nitrogens with zero attached hydrogens (tertiary/aromatic N) is 1. The van der Waals surface area contributed by atoms with Gasteiger partial charge in [-0.15, -0.1) is 0 Å². The average Bonchev–Trinajstić information content (AvgIpc) is 3.09. The monoisotopic (exact) mass is 447 g/mol. The molecule has 1 heterocycles. The van der Waals surface area contributed by atoms with E-state index in [0.717, 1.165) is 11.2 Å². The van der Waals surface area contributed by atoms with Crippen LogP contribution in [0.25, 0.3) is 16.6 Å². The van der Waals surface area contributed by atoms with E-state index in [4.69, 9.17) is 21.1 Å². The number of hydrogen-bond acceptors (Lipinski definition) is 4. The van der Waals surface area contributed by atoms with Crippen molar-refractivity contribution < 1.29 is 19.1 Å². The Kier molecular flexibility index (Phi) is 6.28. The van der Waals surface area contributed by atoms with Crippen LogP contribution in [0.1, 0.15) is 33.3 Å². The molecule has 0 atom stereocenters. The Bertz CT molecular complexity index is 1290. The lowest BCUT2D eigenvalue weighted by molar-refractivity contribution is 0.0527. The Balaban J connectivity index is 1.76. The molecule has 0 bridgehead atoms. The van der Waals surface area contributed by atoms with Gasteiger partial charge in [-0.3, -0.25) is 4.79 Å². The molecule has 4 aromatic rings. The molecule has 0 radical (unpaired) electrons. The summed E-state index contributed by atoms with van der Waals surface area (Å²) in [4.78, 5) is 25.2. The van der Waals surface area contributed by atoms with Crippen LogP contribution >= 0.6 is 11.6 Å². The number of carbonyl (C=O) groups excluding carboxylic acids is 2. The zero-order chi connectivity index (χ0) is 22.7. The quantitative estimate of drug-likeness (QED) is 0.256. The van der Waals surface area contributed by atoms with Crippen molar-refractivity contribution in [3.05, 3.63) is 94.6 Å². The van der Waals surface area contributed by atoms with Crippen molar-refractivity contribution in [2.75, 3.05) is 13.2 Å². The smallest absolute Gasteiger partial charge is 0.340 e. The van der Waals surface area contributed by atoms with E-state index in [9.17, 15) is 9.59 Å². The van der Waals surface area contributed by atoms with Crippen LogP contribution in [-0.2, 0) is 4.74 Å². The summed E-state index contributed by atoms with van der Waals surface area (Å²) >= 11 is 6.46. The van der Waals surface area contributed by atoms with E-state index in [0.29, 0.717) is 33.0 Å². The molecule has 5 nitrogen and oxygen atoms in total. The fourth-order valence-corrected chi connectivity index (χ4v) is 3.97. The number of carbonyl (C=O) groups is 2. The molecule has 0 fully saturated rings. The molecule has 1 aromatic heterocycles. The van der Waals surface area contributed by atoms with Gasteiger partial charge in [0.05, 0.1) is 28.4 Å². The molecule has 0 saturated carbocycles. The highest BCUT2D eigenvalue weighted by molar-refractivity contribution is 6.32. The third-order valence-corrected chi connectivity index (χ3v) is 5.53. The van der Waals surface area contributed by atoms with Crippen LogP contribution in [0.15, 0.2) is 72.8 Å². The van der Waals surface area contributed by atoms with Crippen LogP contribution < -0.4 is 4.74 Å². The second-order valence-electron chi connectivity index (χ2n) is 7.22. The van der Waals surface area contributed by atoms with Crippen molar-refractivity contribution in [3.63, 3.8) is 0 Å². The maximum absolute atomic E-state index is 12.8. The van der Waals surface area contributed by atoms with Crippen LogP contribution in [0.5, 0.6) is 5.75 Å². The summed E-state index contributed by atoms with van der Waals surface area (Å²) in [6.45, 7) is 3.78. The highest BCUT2D eigenvalue weighted by Crippen LogP contribution is 2.34. The summed E-state index contributed by atoms with van der Waals surface area (Å²) in [5.74, 6) is -0.0527. The normalized spacial score (nSPS) is 10.8. The summed E-state index contributed by atoms with van der Waals surface area (Å²) in [5.41, 5.74) is 3.30. The van der Waals surface area contributed by atoms with E-state index < -0.39 is 5.97 Å². The van der Waals surface area contributed by atoms with Gasteiger partial charge in [0.2, 0.25) is 0 Å². The molecule has 0 aliphatic heterocycles. The van der Waals surface area contributed by atoms with E-state index >= 15 is 0 Å². The molecule has 0 aliphatic rings. The highest BCUT2D eigenvalue weighted by Gasteiger charge is 2.23. The molecule has 6 heteroatoms. The first-order valence-corrected chi connectivity index (χ1v) is 10.7. The lowest BCUT2D eigenvalue weighted by Crippen LogP contribution is -2.11. The largest absolute Gasteiger partial charge is 0.485 e. The summed E-state index contributed by atoms with van der Waals surface area (Å²) in [7, 11) is 0. The van der Waals surface area contributed by atoms with Crippen molar-refractivity contribution in [3.8, 4) is 11.4 Å². The number of esters is 1. The summed E-state index contributed by atoms with van der Waals surface area (Å²) < 4.78 is 13.0. The maximum Gasteiger partial charge on any atom is 0.340 e. The summed E-state index contributed by atoms with van der Waals surface area (Å²) in [6.07, 6.45) is 0. The first-order valence-electron chi connectivity index (χ1n) is 10.3. The number of fused-ring (bicyclic) bond motifs is 1. The predicted octanol–water partition coefficient (Wildman–Crippen LogP) is 6.03. The Morgan fingerprint density at radius 2 is 1.69 bits per heavy atom. The topological polar surface area (TPSA) is 57.5 Å². The Morgan fingerprint density at radius 1 is 0.969 bits per heavy atom. The van der Waals surface area contributed by atoms with Gasteiger partial charge in [-0.2, -0.15) is 0 Å². The zero-order valence-electron chi connectivity index (χ0n) is 17.8. The molecule has 3 aromatic carbocycles. The van der Waals surface area contributed by atoms with Gasteiger partial charge >= 0.3 is 5.97 Å². The summed E-state index contributed by atoms with van der Waals surface area (Å²) in [5, 5.41) is 1.24. The Morgan fingerprint density at radius 3 is 2.41 bits per heavy atom. The van der Waals surface area contributed by atoms with Crippen molar-refractivity contribution in [1.82, 2.24) is 4.57 Å². The first kappa shape index (κ1) is 21.7. The van der Waals surface area contributed by atoms with Gasteiger partial charge in [-0.25, -0.2) is 4.79 Å². The molecule has 32 heavy (non-hydrogen) atoms. The van der Waals surface area contributed by atoms with Crippen molar-refractivity contribution in [1.29, 1.82) is 0 Å². The van der Waals surface area contributed by atoms with Gasteiger partial charge in [0.1, 0.15) is 5.75 Å². The van der Waals surface area contributed by atoms with E-state index in [-0.39, 0.29) is 19.0 Å². The van der Waals surface area contributed by atoms with E-state index in [1.54, 1.807) is 37.3 Å². The van der Waals surface area contributed by atoms with Gasteiger partial charge < -0.3 is 14.0 Å². The van der Waals surface area contributed by atoms with Crippen LogP contribution in [0.3, 0.4) is 0 Å². The average molecular weight is 448 g/mol. The molecule has 162 valence electrons. The molecular weight excluding hydrogens is 426 g/mol. The zero-order valence-corrected chi connectivity index (χ0v) is 18.6. The predicted molar refractivity (Wildman–Crippen MR) is 125 cm³/mol. The minimum absolute atomic E-state index is 0.103. The lowest BCUT2D eigenvalue weighted by Gasteiger charge is -2.11. The number of aromatic nitrogens is 1. The number of benzene rings is 3. The molecule has 0 aliphatic carbocycles. The van der Waals surface area contributed by atoms with Crippen molar-refractivity contribution >= 4 is 34.3 Å². The molecule has 0 N–H and O–H groups in total. The number of Topliss-reactive ketones (excluding diaryl/α,β-unsaturated/α-hetero) is 1. The molecule has 0 unspecified atom stereocenters. The minimum atomic E-state index is -0.418. The number of para-hydroxylation sites is 1. The van der Waals surface area contributed by atoms with Crippen LogP contribution in [0.4, 0.5) is 0 Å². The lowest BCUT2D eigenvalue weighted by atomic mass is 10.1. The SMILES string of the molecule is CCOC(=O)c1c(C)n(-c2ccccc2Cl)c2ccc(OCC(=O)c3ccccc3)cc12. The van der Waals surface area contributed by atoms with Gasteiger partial charge in [0.15, 0.2) is 12.4 Å². The van der Waals surface area contributed by atoms with Crippen molar-refractivity contribution in [2.45, 2.75) is 13.8 Å². The van der Waals surface area contributed by atoms with Crippen LogP contribution in [0.2, 0.25) is 5.02 Å². The van der Waals surface area contributed by atoms with Crippen LogP contribution in [0, 0.1) is 6.92 Å². The number of halogens is 1. The second-order valence-corrected chi connectivity index (χ2v) is 7.63.